The van der Waals surface area contributed by atoms with Gasteiger partial charge in [-0.25, -0.2) is 0 Å². The molecule has 0 spiro atoms. The number of rotatable bonds is 2. The van der Waals surface area contributed by atoms with Crippen LogP contribution in [0.1, 0.15) is 13.3 Å². The highest BCUT2D eigenvalue weighted by molar-refractivity contribution is 4.87. The Labute approximate surface area is 66.0 Å². The summed E-state index contributed by atoms with van der Waals surface area (Å²) < 4.78 is 5.29. The van der Waals surface area contributed by atoms with Gasteiger partial charge in [-0.3, -0.25) is 0 Å². The van der Waals surface area contributed by atoms with E-state index < -0.39 is 12.2 Å². The summed E-state index contributed by atoms with van der Waals surface area (Å²) in [5.41, 5.74) is 5.65. The van der Waals surface area contributed by atoms with Gasteiger partial charge in [-0.15, -0.1) is 0 Å². The molecule has 0 radical (unpaired) electrons. The molecular weight excluding hydrogens is 146 g/mol. The van der Waals surface area contributed by atoms with Gasteiger partial charge in [0.05, 0.1) is 12.7 Å². The maximum Gasteiger partial charge on any atom is 0.105 e. The first kappa shape index (κ1) is 8.93. The van der Waals surface area contributed by atoms with E-state index in [0.717, 1.165) is 6.42 Å². The molecule has 0 saturated carbocycles. The van der Waals surface area contributed by atoms with Crippen LogP contribution in [-0.2, 0) is 4.74 Å². The third kappa shape index (κ3) is 1.90. The molecular formula is C7H15NO3. The standard InChI is InChI=1S/C7H15NO3/c1-4-2-5(8)7(11-4)6(10)3-9/h4-7,9-10H,2-3,8H2,1H3/t4-,5+,6?,7+/m1/s1. The Morgan fingerprint density at radius 1 is 1.73 bits per heavy atom. The van der Waals surface area contributed by atoms with Crippen LogP contribution in [0.2, 0.25) is 0 Å². The maximum absolute atomic E-state index is 9.19. The normalized spacial score (nSPS) is 40.9. The zero-order valence-corrected chi connectivity index (χ0v) is 6.60. The molecule has 0 aromatic carbocycles. The predicted molar refractivity (Wildman–Crippen MR) is 40.0 cm³/mol. The number of aliphatic hydroxyl groups is 2. The summed E-state index contributed by atoms with van der Waals surface area (Å²) in [6.45, 7) is 1.62. The second-order valence-electron chi connectivity index (χ2n) is 3.06. The first-order valence-electron chi connectivity index (χ1n) is 3.85. The van der Waals surface area contributed by atoms with Gasteiger partial charge in [0.15, 0.2) is 0 Å². The van der Waals surface area contributed by atoms with Crippen molar-refractivity contribution < 1.29 is 14.9 Å². The van der Waals surface area contributed by atoms with Crippen LogP contribution in [0.3, 0.4) is 0 Å². The highest BCUT2D eigenvalue weighted by atomic mass is 16.5. The first-order chi connectivity index (χ1) is 5.15. The van der Waals surface area contributed by atoms with E-state index in [4.69, 9.17) is 15.6 Å². The van der Waals surface area contributed by atoms with E-state index in [0.29, 0.717) is 0 Å². The number of nitrogens with two attached hydrogens (primary N) is 1. The minimum Gasteiger partial charge on any atom is -0.394 e. The molecule has 0 aromatic heterocycles. The van der Waals surface area contributed by atoms with Crippen molar-refractivity contribution in [2.45, 2.75) is 37.7 Å². The summed E-state index contributed by atoms with van der Waals surface area (Å²) in [5.74, 6) is 0. The number of hydrogen-bond acceptors (Lipinski definition) is 4. The predicted octanol–water partition coefficient (Wildman–Crippen LogP) is -1.16. The maximum atomic E-state index is 9.19. The van der Waals surface area contributed by atoms with Crippen LogP contribution in [0.15, 0.2) is 0 Å². The lowest BCUT2D eigenvalue weighted by molar-refractivity contribution is -0.0529. The molecule has 11 heavy (non-hydrogen) atoms. The van der Waals surface area contributed by atoms with Crippen molar-refractivity contribution in [2.24, 2.45) is 5.73 Å². The minimum absolute atomic E-state index is 0.0937. The van der Waals surface area contributed by atoms with Crippen LogP contribution < -0.4 is 5.73 Å². The van der Waals surface area contributed by atoms with Gasteiger partial charge in [-0.05, 0) is 13.3 Å². The highest BCUT2D eigenvalue weighted by Crippen LogP contribution is 2.20. The van der Waals surface area contributed by atoms with E-state index >= 15 is 0 Å². The SMILES string of the molecule is C[C@@H]1C[C@H](N)[C@@H](C(O)CO)O1. The van der Waals surface area contributed by atoms with Gasteiger partial charge in [0, 0.05) is 6.04 Å². The molecule has 4 heteroatoms. The number of aliphatic hydroxyl groups excluding tert-OH is 2. The van der Waals surface area contributed by atoms with E-state index in [1.807, 2.05) is 6.92 Å². The van der Waals surface area contributed by atoms with E-state index in [1.165, 1.54) is 0 Å². The Balaban J connectivity index is 2.45. The summed E-state index contributed by atoms with van der Waals surface area (Å²) >= 11 is 0. The van der Waals surface area contributed by atoms with Gasteiger partial charge in [0.1, 0.15) is 12.2 Å². The van der Waals surface area contributed by atoms with Crippen molar-refractivity contribution in [1.29, 1.82) is 0 Å². The Bertz CT molecular complexity index is 127. The molecule has 1 aliphatic heterocycles. The summed E-state index contributed by atoms with van der Waals surface area (Å²) in [6, 6.07) is -0.146. The molecule has 0 amide bonds. The Kier molecular flexibility index (Phi) is 2.84. The van der Waals surface area contributed by atoms with Crippen LogP contribution >= 0.6 is 0 Å². The van der Waals surface area contributed by atoms with Crippen LogP contribution in [0, 0.1) is 0 Å². The van der Waals surface area contributed by atoms with Crippen molar-refractivity contribution in [1.82, 2.24) is 0 Å². The Morgan fingerprint density at radius 2 is 2.36 bits per heavy atom. The average molecular weight is 161 g/mol. The second kappa shape index (κ2) is 3.49. The fraction of sp³-hybridized carbons (Fsp3) is 1.00. The molecule has 66 valence electrons. The third-order valence-electron chi connectivity index (χ3n) is 1.98. The molecule has 0 aromatic rings. The van der Waals surface area contributed by atoms with Crippen LogP contribution in [-0.4, -0.2) is 41.2 Å². The summed E-state index contributed by atoms with van der Waals surface area (Å²) in [7, 11) is 0. The molecule has 1 aliphatic rings. The highest BCUT2D eigenvalue weighted by Gasteiger charge is 2.34. The third-order valence-corrected chi connectivity index (χ3v) is 1.98. The molecule has 0 bridgehead atoms. The van der Waals surface area contributed by atoms with Crippen molar-refractivity contribution in [2.75, 3.05) is 6.61 Å². The van der Waals surface area contributed by atoms with Crippen LogP contribution in [0.25, 0.3) is 0 Å². The summed E-state index contributed by atoms with van der Waals surface area (Å²) in [4.78, 5) is 0. The van der Waals surface area contributed by atoms with Crippen molar-refractivity contribution in [3.05, 3.63) is 0 Å². The number of ether oxygens (including phenoxy) is 1. The average Bonchev–Trinajstić information content (AvgIpc) is 2.28. The second-order valence-corrected chi connectivity index (χ2v) is 3.06. The minimum atomic E-state index is -0.838. The van der Waals surface area contributed by atoms with Crippen molar-refractivity contribution >= 4 is 0 Å². The lowest BCUT2D eigenvalue weighted by Gasteiger charge is -2.19. The molecule has 1 rings (SSSR count). The molecule has 4 nitrogen and oxygen atoms in total. The van der Waals surface area contributed by atoms with Crippen LogP contribution in [0.5, 0.6) is 0 Å². The fourth-order valence-electron chi connectivity index (χ4n) is 1.42. The molecule has 0 aliphatic carbocycles. The molecule has 1 saturated heterocycles. The van der Waals surface area contributed by atoms with Crippen LogP contribution in [0.4, 0.5) is 0 Å². The monoisotopic (exact) mass is 161 g/mol. The zero-order valence-electron chi connectivity index (χ0n) is 6.60. The van der Waals surface area contributed by atoms with Crippen molar-refractivity contribution in [3.8, 4) is 0 Å². The smallest absolute Gasteiger partial charge is 0.105 e. The van der Waals surface area contributed by atoms with E-state index in [-0.39, 0.29) is 18.8 Å². The summed E-state index contributed by atoms with van der Waals surface area (Å²) in [6.07, 6.45) is -0.386. The molecule has 1 unspecified atom stereocenters. The van der Waals surface area contributed by atoms with Gasteiger partial charge >= 0.3 is 0 Å². The van der Waals surface area contributed by atoms with Gasteiger partial charge in [0.2, 0.25) is 0 Å². The topological polar surface area (TPSA) is 75.7 Å². The van der Waals surface area contributed by atoms with E-state index in [9.17, 15) is 5.11 Å². The van der Waals surface area contributed by atoms with Crippen molar-refractivity contribution in [3.63, 3.8) is 0 Å². The molecule has 1 fully saturated rings. The first-order valence-corrected chi connectivity index (χ1v) is 3.85. The van der Waals surface area contributed by atoms with Gasteiger partial charge in [-0.1, -0.05) is 0 Å². The molecule has 1 heterocycles. The summed E-state index contributed by atoms with van der Waals surface area (Å²) in [5, 5.41) is 17.8. The van der Waals surface area contributed by atoms with E-state index in [2.05, 4.69) is 0 Å². The Morgan fingerprint density at radius 3 is 2.73 bits per heavy atom. The van der Waals surface area contributed by atoms with E-state index in [1.54, 1.807) is 0 Å². The lowest BCUT2D eigenvalue weighted by Crippen LogP contribution is -2.41. The van der Waals surface area contributed by atoms with Gasteiger partial charge in [0.25, 0.3) is 0 Å². The zero-order chi connectivity index (χ0) is 8.43. The van der Waals surface area contributed by atoms with Gasteiger partial charge < -0.3 is 20.7 Å². The number of hydrogen-bond donors (Lipinski definition) is 3. The quantitative estimate of drug-likeness (QED) is 0.477. The Hall–Kier alpha value is -0.160. The largest absolute Gasteiger partial charge is 0.394 e. The van der Waals surface area contributed by atoms with Gasteiger partial charge in [-0.2, -0.15) is 0 Å². The molecule has 4 atom stereocenters. The fourth-order valence-corrected chi connectivity index (χ4v) is 1.42. The molecule has 4 N–H and O–H groups in total. The lowest BCUT2D eigenvalue weighted by atomic mass is 10.1.